The van der Waals surface area contributed by atoms with Gasteiger partial charge < -0.3 is 19.4 Å². The standard InChI is InChI=1S/C30H36N6O5S/c1-4-41-25-14-13-22(42(38,39)35-17-15-34(16-18-35)24-11-7-8-12-26(24)40-3)19-23(25)28-32-30(37)27-20(2)31-29(36(27)33-28)21-9-5-6-10-21/h7-8,11-14,19,21H,4-6,9-10,15-18H2,1-3H3,(H,32,33,37). The molecule has 2 aromatic carbocycles. The summed E-state index contributed by atoms with van der Waals surface area (Å²) in [5.41, 5.74) is 2.07. The molecule has 3 heterocycles. The molecule has 1 saturated carbocycles. The second-order valence-corrected chi connectivity index (χ2v) is 12.7. The molecular weight excluding hydrogens is 556 g/mol. The van der Waals surface area contributed by atoms with Gasteiger partial charge in [0.05, 0.1) is 35.6 Å². The molecule has 12 heteroatoms. The van der Waals surface area contributed by atoms with Crippen molar-refractivity contribution < 1.29 is 17.9 Å². The van der Waals surface area contributed by atoms with Crippen LogP contribution in [0.1, 0.15) is 50.0 Å². The minimum absolute atomic E-state index is 0.118. The molecule has 0 spiro atoms. The van der Waals surface area contributed by atoms with Crippen LogP contribution in [0.3, 0.4) is 0 Å². The van der Waals surface area contributed by atoms with E-state index in [0.717, 1.165) is 42.9 Å². The minimum atomic E-state index is -3.83. The van der Waals surface area contributed by atoms with Gasteiger partial charge >= 0.3 is 0 Å². The third-order valence-electron chi connectivity index (χ3n) is 8.23. The van der Waals surface area contributed by atoms with Gasteiger partial charge in [-0.05, 0) is 57.0 Å². The second-order valence-electron chi connectivity index (χ2n) is 10.8. The zero-order valence-electron chi connectivity index (χ0n) is 24.2. The first kappa shape index (κ1) is 28.2. The maximum absolute atomic E-state index is 13.9. The van der Waals surface area contributed by atoms with Crippen LogP contribution < -0.4 is 19.9 Å². The number of rotatable bonds is 8. The number of H-pyrrole nitrogens is 1. The molecule has 1 N–H and O–H groups in total. The number of nitrogens with one attached hydrogen (secondary N) is 1. The smallest absolute Gasteiger partial charge is 0.277 e. The van der Waals surface area contributed by atoms with Crippen LogP contribution in [0.15, 0.2) is 52.2 Å². The molecule has 0 atom stereocenters. The topological polar surface area (TPSA) is 122 Å². The van der Waals surface area contributed by atoms with Crippen LogP contribution in [0.5, 0.6) is 11.5 Å². The summed E-state index contributed by atoms with van der Waals surface area (Å²) in [6.45, 7) is 5.74. The molecule has 4 aromatic rings. The van der Waals surface area contributed by atoms with Crippen molar-refractivity contribution in [3.63, 3.8) is 0 Å². The van der Waals surface area contributed by atoms with E-state index >= 15 is 0 Å². The largest absolute Gasteiger partial charge is 0.495 e. The molecule has 11 nitrogen and oxygen atoms in total. The van der Waals surface area contributed by atoms with Crippen molar-refractivity contribution in [3.05, 3.63) is 64.3 Å². The number of aryl methyl sites for hydroxylation is 1. The highest BCUT2D eigenvalue weighted by molar-refractivity contribution is 7.89. The molecule has 2 fully saturated rings. The van der Waals surface area contributed by atoms with E-state index in [9.17, 15) is 13.2 Å². The van der Waals surface area contributed by atoms with Gasteiger partial charge in [0.2, 0.25) is 10.0 Å². The van der Waals surface area contributed by atoms with Gasteiger partial charge in [-0.1, -0.05) is 25.0 Å². The Bertz CT molecular complexity index is 1770. The predicted molar refractivity (Wildman–Crippen MR) is 160 cm³/mol. The first-order valence-corrected chi connectivity index (χ1v) is 15.9. The van der Waals surface area contributed by atoms with E-state index in [1.165, 1.54) is 4.31 Å². The lowest BCUT2D eigenvalue weighted by atomic mass is 10.1. The molecule has 0 amide bonds. The van der Waals surface area contributed by atoms with Crippen molar-refractivity contribution in [1.82, 2.24) is 23.9 Å². The Kier molecular flexibility index (Phi) is 7.67. The van der Waals surface area contributed by atoms with Crippen molar-refractivity contribution in [2.24, 2.45) is 0 Å². The third-order valence-corrected chi connectivity index (χ3v) is 10.1. The fourth-order valence-corrected chi connectivity index (χ4v) is 7.56. The van der Waals surface area contributed by atoms with Crippen LogP contribution in [-0.2, 0) is 10.0 Å². The number of hydrogen-bond acceptors (Lipinski definition) is 8. The number of fused-ring (bicyclic) bond motifs is 1. The number of piperazine rings is 1. The van der Waals surface area contributed by atoms with Crippen LogP contribution in [0.2, 0.25) is 0 Å². The number of benzene rings is 2. The number of para-hydroxylation sites is 2. The van der Waals surface area contributed by atoms with E-state index in [1.807, 2.05) is 38.1 Å². The molecule has 222 valence electrons. The molecule has 1 saturated heterocycles. The van der Waals surface area contributed by atoms with E-state index in [-0.39, 0.29) is 22.2 Å². The van der Waals surface area contributed by atoms with Crippen LogP contribution >= 0.6 is 0 Å². The molecule has 1 aliphatic heterocycles. The van der Waals surface area contributed by atoms with Crippen molar-refractivity contribution in [1.29, 1.82) is 0 Å². The van der Waals surface area contributed by atoms with Crippen LogP contribution in [0.25, 0.3) is 16.9 Å². The molecule has 0 unspecified atom stereocenters. The molecule has 42 heavy (non-hydrogen) atoms. The van der Waals surface area contributed by atoms with E-state index in [4.69, 9.17) is 19.6 Å². The van der Waals surface area contributed by atoms with Crippen LogP contribution in [-0.4, -0.2) is 72.2 Å². The summed E-state index contributed by atoms with van der Waals surface area (Å²) in [6.07, 6.45) is 4.25. The lowest BCUT2D eigenvalue weighted by Gasteiger charge is -2.36. The molecule has 0 bridgehead atoms. The predicted octanol–water partition coefficient (Wildman–Crippen LogP) is 3.97. The van der Waals surface area contributed by atoms with Crippen molar-refractivity contribution in [3.8, 4) is 22.9 Å². The number of aromatic nitrogens is 4. The zero-order chi connectivity index (χ0) is 29.4. The van der Waals surface area contributed by atoms with Gasteiger partial charge in [-0.3, -0.25) is 4.79 Å². The monoisotopic (exact) mass is 592 g/mol. The van der Waals surface area contributed by atoms with Gasteiger partial charge in [0, 0.05) is 32.1 Å². The van der Waals surface area contributed by atoms with Gasteiger partial charge in [0.15, 0.2) is 11.3 Å². The fourth-order valence-electron chi connectivity index (χ4n) is 6.11. The van der Waals surface area contributed by atoms with Crippen molar-refractivity contribution in [2.75, 3.05) is 44.8 Å². The quantitative estimate of drug-likeness (QED) is 0.326. The number of nitrogens with zero attached hydrogens (tertiary/aromatic N) is 5. The number of anilines is 1. The highest BCUT2D eigenvalue weighted by Crippen LogP contribution is 2.35. The normalized spacial score (nSPS) is 16.8. The summed E-state index contributed by atoms with van der Waals surface area (Å²) in [5, 5.41) is 4.80. The number of imidazole rings is 1. The zero-order valence-corrected chi connectivity index (χ0v) is 25.0. The second kappa shape index (κ2) is 11.4. The van der Waals surface area contributed by atoms with Crippen molar-refractivity contribution in [2.45, 2.75) is 50.3 Å². The average Bonchev–Trinajstić information content (AvgIpc) is 3.65. The Labute approximate surface area is 245 Å². The van der Waals surface area contributed by atoms with Gasteiger partial charge in [-0.15, -0.1) is 5.10 Å². The lowest BCUT2D eigenvalue weighted by Crippen LogP contribution is -2.48. The van der Waals surface area contributed by atoms with Gasteiger partial charge in [-0.25, -0.2) is 17.9 Å². The SMILES string of the molecule is CCOc1ccc(S(=O)(=O)N2CCN(c3ccccc3OC)CC2)cc1-c1nn2c(C3CCCC3)nc(C)c2c(=O)[nH]1. The summed E-state index contributed by atoms with van der Waals surface area (Å²) in [7, 11) is -2.20. The number of sulfonamides is 1. The molecular formula is C30H36N6O5S. The third kappa shape index (κ3) is 5.02. The Morgan fingerprint density at radius 1 is 1.02 bits per heavy atom. The number of methoxy groups -OCH3 is 1. The van der Waals surface area contributed by atoms with Crippen LogP contribution in [0, 0.1) is 6.92 Å². The van der Waals surface area contributed by atoms with E-state index in [0.29, 0.717) is 55.3 Å². The maximum atomic E-state index is 13.9. The highest BCUT2D eigenvalue weighted by Gasteiger charge is 2.31. The van der Waals surface area contributed by atoms with E-state index < -0.39 is 10.0 Å². The summed E-state index contributed by atoms with van der Waals surface area (Å²) >= 11 is 0. The average molecular weight is 593 g/mol. The lowest BCUT2D eigenvalue weighted by molar-refractivity contribution is 0.341. The number of aromatic amines is 1. The number of ether oxygens (including phenoxy) is 2. The molecule has 6 rings (SSSR count). The Morgan fingerprint density at radius 2 is 1.76 bits per heavy atom. The maximum Gasteiger partial charge on any atom is 0.277 e. The van der Waals surface area contributed by atoms with Crippen molar-refractivity contribution >= 4 is 21.2 Å². The van der Waals surface area contributed by atoms with Gasteiger partial charge in [0.25, 0.3) is 5.56 Å². The molecule has 0 radical (unpaired) electrons. The molecule has 2 aromatic heterocycles. The summed E-state index contributed by atoms with van der Waals surface area (Å²) in [5.74, 6) is 2.46. The van der Waals surface area contributed by atoms with Crippen LogP contribution in [0.4, 0.5) is 5.69 Å². The molecule has 2 aliphatic rings. The summed E-state index contributed by atoms with van der Waals surface area (Å²) < 4.78 is 42.2. The Balaban J connectivity index is 1.34. The molecule has 1 aliphatic carbocycles. The highest BCUT2D eigenvalue weighted by atomic mass is 32.2. The number of hydrogen-bond donors (Lipinski definition) is 1. The van der Waals surface area contributed by atoms with Gasteiger partial charge in [-0.2, -0.15) is 4.31 Å². The minimum Gasteiger partial charge on any atom is -0.495 e. The van der Waals surface area contributed by atoms with E-state index in [2.05, 4.69) is 9.88 Å². The Hall–Kier alpha value is -3.90. The first-order chi connectivity index (χ1) is 20.3. The Morgan fingerprint density at radius 3 is 2.48 bits per heavy atom. The summed E-state index contributed by atoms with van der Waals surface area (Å²) in [4.78, 5) is 23.1. The summed E-state index contributed by atoms with van der Waals surface area (Å²) in [6, 6.07) is 12.5. The van der Waals surface area contributed by atoms with Gasteiger partial charge in [0.1, 0.15) is 17.3 Å². The van der Waals surface area contributed by atoms with E-state index in [1.54, 1.807) is 29.8 Å². The first-order valence-electron chi connectivity index (χ1n) is 14.5. The fraction of sp³-hybridized carbons (Fsp3) is 0.433.